The minimum absolute atomic E-state index is 0.190. The fraction of sp³-hybridized carbons (Fsp3) is 1.00. The number of ether oxygens (including phenoxy) is 2. The van der Waals surface area contributed by atoms with Crippen molar-refractivity contribution in [2.75, 3.05) is 26.9 Å². The molecule has 68 valence electrons. The molecule has 0 bridgehead atoms. The normalized spacial score (nSPS) is 16.4. The number of hydrogen-bond acceptors (Lipinski definition) is 4. The second-order valence-electron chi connectivity index (χ2n) is 2.18. The molecule has 2 N–H and O–H groups in total. The number of hydrogen-bond donors (Lipinski definition) is 2. The fourth-order valence-corrected chi connectivity index (χ4v) is 0.699. The Balaban J connectivity index is 3.51. The predicted molar refractivity (Wildman–Crippen MR) is 40.4 cm³/mol. The maximum Gasteiger partial charge on any atom is 0.108 e. The average molecular weight is 164 g/mol. The van der Waals surface area contributed by atoms with Crippen molar-refractivity contribution in [2.45, 2.75) is 19.1 Å². The maximum atomic E-state index is 9.23. The molecular formula is C7H16O4. The molecular weight excluding hydrogens is 148 g/mol. The number of rotatable bonds is 6. The van der Waals surface area contributed by atoms with Gasteiger partial charge in [-0.2, -0.15) is 0 Å². The number of aliphatic hydroxyl groups is 2. The van der Waals surface area contributed by atoms with Gasteiger partial charge >= 0.3 is 0 Å². The average Bonchev–Trinajstić information content (AvgIpc) is 2.03. The van der Waals surface area contributed by atoms with Gasteiger partial charge in [0, 0.05) is 13.7 Å². The molecule has 0 radical (unpaired) electrons. The second-order valence-corrected chi connectivity index (χ2v) is 2.18. The minimum Gasteiger partial charge on any atom is -0.394 e. The van der Waals surface area contributed by atoms with Gasteiger partial charge in [-0.25, -0.2) is 0 Å². The second kappa shape index (κ2) is 6.54. The van der Waals surface area contributed by atoms with Crippen LogP contribution in [0.25, 0.3) is 0 Å². The van der Waals surface area contributed by atoms with Gasteiger partial charge in [0.15, 0.2) is 0 Å². The summed E-state index contributed by atoms with van der Waals surface area (Å²) in [6.07, 6.45) is -1.29. The van der Waals surface area contributed by atoms with E-state index in [1.807, 2.05) is 6.92 Å². The van der Waals surface area contributed by atoms with E-state index < -0.39 is 12.2 Å². The first-order valence-corrected chi connectivity index (χ1v) is 3.65. The smallest absolute Gasteiger partial charge is 0.108 e. The fourth-order valence-electron chi connectivity index (χ4n) is 0.699. The summed E-state index contributed by atoms with van der Waals surface area (Å²) in [7, 11) is 1.44. The van der Waals surface area contributed by atoms with Crippen LogP contribution in [0.5, 0.6) is 0 Å². The van der Waals surface area contributed by atoms with Gasteiger partial charge in [0.25, 0.3) is 0 Å². The van der Waals surface area contributed by atoms with E-state index in [1.54, 1.807) is 0 Å². The van der Waals surface area contributed by atoms with Crippen molar-refractivity contribution in [2.24, 2.45) is 0 Å². The van der Waals surface area contributed by atoms with Gasteiger partial charge in [-0.15, -0.1) is 0 Å². The van der Waals surface area contributed by atoms with Crippen molar-refractivity contribution in [3.05, 3.63) is 0 Å². The lowest BCUT2D eigenvalue weighted by Crippen LogP contribution is -2.35. The van der Waals surface area contributed by atoms with Gasteiger partial charge in [0.05, 0.1) is 13.2 Å². The van der Waals surface area contributed by atoms with Crippen LogP contribution in [0.15, 0.2) is 0 Å². The lowest BCUT2D eigenvalue weighted by Gasteiger charge is -2.18. The Morgan fingerprint density at radius 2 is 2.09 bits per heavy atom. The van der Waals surface area contributed by atoms with Gasteiger partial charge < -0.3 is 19.7 Å². The highest BCUT2D eigenvalue weighted by Crippen LogP contribution is 1.97. The topological polar surface area (TPSA) is 58.9 Å². The molecule has 0 spiro atoms. The highest BCUT2D eigenvalue weighted by Gasteiger charge is 2.16. The Morgan fingerprint density at radius 1 is 1.45 bits per heavy atom. The molecule has 0 aromatic rings. The van der Waals surface area contributed by atoms with Crippen molar-refractivity contribution in [1.82, 2.24) is 0 Å². The zero-order valence-electron chi connectivity index (χ0n) is 6.99. The van der Waals surface area contributed by atoms with E-state index in [2.05, 4.69) is 0 Å². The Labute approximate surface area is 66.7 Å². The number of methoxy groups -OCH3 is 1. The molecule has 0 saturated heterocycles. The van der Waals surface area contributed by atoms with Crippen LogP contribution in [0.4, 0.5) is 0 Å². The summed E-state index contributed by atoms with van der Waals surface area (Å²) < 4.78 is 9.72. The van der Waals surface area contributed by atoms with E-state index in [-0.39, 0.29) is 13.2 Å². The van der Waals surface area contributed by atoms with E-state index in [9.17, 15) is 5.11 Å². The molecule has 0 aliphatic carbocycles. The van der Waals surface area contributed by atoms with Gasteiger partial charge in [-0.1, -0.05) is 0 Å². The molecule has 2 unspecified atom stereocenters. The Morgan fingerprint density at radius 3 is 2.45 bits per heavy atom. The third kappa shape index (κ3) is 4.31. The van der Waals surface area contributed by atoms with Crippen LogP contribution in [0.2, 0.25) is 0 Å². The maximum absolute atomic E-state index is 9.23. The van der Waals surface area contributed by atoms with Crippen LogP contribution in [0, 0.1) is 0 Å². The summed E-state index contributed by atoms with van der Waals surface area (Å²) in [6.45, 7) is 2.41. The van der Waals surface area contributed by atoms with Crippen LogP contribution >= 0.6 is 0 Å². The van der Waals surface area contributed by atoms with Crippen LogP contribution in [-0.2, 0) is 9.47 Å². The Kier molecular flexibility index (Phi) is 6.45. The van der Waals surface area contributed by atoms with Crippen molar-refractivity contribution < 1.29 is 19.7 Å². The number of aliphatic hydroxyl groups excluding tert-OH is 2. The van der Waals surface area contributed by atoms with E-state index >= 15 is 0 Å². The first-order chi connectivity index (χ1) is 5.26. The van der Waals surface area contributed by atoms with E-state index in [0.29, 0.717) is 6.61 Å². The monoisotopic (exact) mass is 164 g/mol. The molecule has 0 heterocycles. The lowest BCUT2D eigenvalue weighted by molar-refractivity contribution is -0.0732. The van der Waals surface area contributed by atoms with Crippen molar-refractivity contribution in [1.29, 1.82) is 0 Å². The van der Waals surface area contributed by atoms with Gasteiger partial charge in [-0.05, 0) is 6.92 Å². The molecule has 0 amide bonds. The quantitative estimate of drug-likeness (QED) is 0.550. The van der Waals surface area contributed by atoms with Gasteiger partial charge in [0.1, 0.15) is 12.2 Å². The molecule has 0 fully saturated rings. The standard InChI is InChI=1S/C7H16O4/c1-3-11-5-6(9)7(4-8)10-2/h6-9H,3-5H2,1-2H3. The van der Waals surface area contributed by atoms with Gasteiger partial charge in [0.2, 0.25) is 0 Å². The third-order valence-corrected chi connectivity index (χ3v) is 1.40. The third-order valence-electron chi connectivity index (χ3n) is 1.40. The SMILES string of the molecule is CCOCC(O)C(CO)OC. The molecule has 0 saturated carbocycles. The molecule has 0 aliphatic rings. The largest absolute Gasteiger partial charge is 0.394 e. The van der Waals surface area contributed by atoms with Gasteiger partial charge in [-0.3, -0.25) is 0 Å². The molecule has 0 aliphatic heterocycles. The van der Waals surface area contributed by atoms with Crippen molar-refractivity contribution in [3.8, 4) is 0 Å². The zero-order valence-corrected chi connectivity index (χ0v) is 6.99. The van der Waals surface area contributed by atoms with Crippen LogP contribution in [0.1, 0.15) is 6.92 Å². The first-order valence-electron chi connectivity index (χ1n) is 3.65. The first kappa shape index (κ1) is 10.8. The molecule has 0 aromatic heterocycles. The van der Waals surface area contributed by atoms with Crippen LogP contribution in [0.3, 0.4) is 0 Å². The highest BCUT2D eigenvalue weighted by atomic mass is 16.5. The molecule has 2 atom stereocenters. The van der Waals surface area contributed by atoms with E-state index in [4.69, 9.17) is 14.6 Å². The minimum atomic E-state index is -0.745. The Hall–Kier alpha value is -0.160. The van der Waals surface area contributed by atoms with Crippen LogP contribution < -0.4 is 0 Å². The summed E-state index contributed by atoms with van der Waals surface area (Å²) in [5.41, 5.74) is 0. The van der Waals surface area contributed by atoms with Crippen molar-refractivity contribution >= 4 is 0 Å². The molecule has 0 rings (SSSR count). The van der Waals surface area contributed by atoms with E-state index in [0.717, 1.165) is 0 Å². The zero-order chi connectivity index (χ0) is 8.69. The summed E-state index contributed by atoms with van der Waals surface area (Å²) in [6, 6.07) is 0. The predicted octanol–water partition coefficient (Wildman–Crippen LogP) is -0.609. The summed E-state index contributed by atoms with van der Waals surface area (Å²) >= 11 is 0. The van der Waals surface area contributed by atoms with Crippen molar-refractivity contribution in [3.63, 3.8) is 0 Å². The summed E-state index contributed by atoms with van der Waals surface area (Å²) in [5, 5.41) is 17.9. The molecule has 4 nitrogen and oxygen atoms in total. The Bertz CT molecular complexity index is 82.5. The lowest BCUT2D eigenvalue weighted by atomic mass is 10.2. The van der Waals surface area contributed by atoms with Crippen LogP contribution in [-0.4, -0.2) is 49.4 Å². The van der Waals surface area contributed by atoms with E-state index in [1.165, 1.54) is 7.11 Å². The summed E-state index contributed by atoms with van der Waals surface area (Å²) in [4.78, 5) is 0. The molecule has 0 aromatic carbocycles. The summed E-state index contributed by atoms with van der Waals surface area (Å²) in [5.74, 6) is 0. The molecule has 4 heteroatoms. The molecule has 11 heavy (non-hydrogen) atoms. The highest BCUT2D eigenvalue weighted by molar-refractivity contribution is 4.66.